The molecule has 0 radical (unpaired) electrons. The maximum atomic E-state index is 10.8. The van der Waals surface area contributed by atoms with Gasteiger partial charge in [0.05, 0.1) is 12.2 Å². The van der Waals surface area contributed by atoms with Crippen LogP contribution in [0, 0.1) is 5.92 Å². The van der Waals surface area contributed by atoms with Crippen LogP contribution in [0.15, 0.2) is 6.20 Å². The van der Waals surface area contributed by atoms with Gasteiger partial charge in [0.1, 0.15) is 0 Å². The summed E-state index contributed by atoms with van der Waals surface area (Å²) in [5.74, 6) is -0.180. The molecular weight excluding hydrogens is 258 g/mol. The van der Waals surface area contributed by atoms with Crippen molar-refractivity contribution in [2.24, 2.45) is 5.92 Å². The highest BCUT2D eigenvalue weighted by Gasteiger charge is 2.42. The van der Waals surface area contributed by atoms with Crippen molar-refractivity contribution in [1.82, 2.24) is 24.8 Å². The maximum Gasteiger partial charge on any atom is 0.358 e. The number of carboxylic acid groups (broad SMARTS) is 1. The Morgan fingerprint density at radius 3 is 2.80 bits per heavy atom. The van der Waals surface area contributed by atoms with Gasteiger partial charge in [0, 0.05) is 25.7 Å². The average molecular weight is 277 g/mol. The van der Waals surface area contributed by atoms with E-state index in [4.69, 9.17) is 5.11 Å². The third-order valence-corrected chi connectivity index (χ3v) is 5.06. The second-order valence-electron chi connectivity index (χ2n) is 6.20. The van der Waals surface area contributed by atoms with Gasteiger partial charge >= 0.3 is 5.97 Å². The Morgan fingerprint density at radius 2 is 2.05 bits per heavy atom. The highest BCUT2D eigenvalue weighted by atomic mass is 16.4. The molecule has 2 bridgehead atoms. The molecule has 7 heteroatoms. The zero-order valence-corrected chi connectivity index (χ0v) is 11.4. The first-order valence-electron chi connectivity index (χ1n) is 7.32. The number of nitrogens with zero attached hydrogens (tertiary/aromatic N) is 5. The van der Waals surface area contributed by atoms with Gasteiger partial charge in [-0.2, -0.15) is 0 Å². The van der Waals surface area contributed by atoms with E-state index in [0.717, 1.165) is 19.0 Å². The van der Waals surface area contributed by atoms with Gasteiger partial charge < -0.3 is 10.0 Å². The summed E-state index contributed by atoms with van der Waals surface area (Å²) < 4.78 is 1.71. The minimum atomic E-state index is -1.01. The lowest BCUT2D eigenvalue weighted by atomic mass is 9.89. The van der Waals surface area contributed by atoms with Crippen LogP contribution in [-0.4, -0.2) is 74.6 Å². The molecule has 3 aliphatic rings. The fraction of sp³-hybridized carbons (Fsp3) is 0.769. The highest BCUT2D eigenvalue weighted by Crippen LogP contribution is 2.35. The summed E-state index contributed by atoms with van der Waals surface area (Å²) in [6.45, 7) is 5.71. The standard InChI is InChI=1S/C13H19N5O2/c19-13(20)11-8-18(15-14-11)10-6-17(7-10)12-2-4-16-3-1-9(12)5-16/h8-10,12H,1-7H2,(H,19,20). The Morgan fingerprint density at radius 1 is 1.25 bits per heavy atom. The number of aromatic carboxylic acids is 1. The van der Waals surface area contributed by atoms with Crippen LogP contribution in [0.1, 0.15) is 29.4 Å². The van der Waals surface area contributed by atoms with Crippen molar-refractivity contribution in [3.05, 3.63) is 11.9 Å². The third kappa shape index (κ3) is 1.92. The number of aromatic nitrogens is 3. The zero-order valence-electron chi connectivity index (χ0n) is 11.4. The van der Waals surface area contributed by atoms with E-state index < -0.39 is 5.97 Å². The molecule has 3 atom stereocenters. The lowest BCUT2D eigenvalue weighted by Crippen LogP contribution is -2.57. The monoisotopic (exact) mass is 277 g/mol. The lowest BCUT2D eigenvalue weighted by molar-refractivity contribution is 0.00852. The van der Waals surface area contributed by atoms with Gasteiger partial charge in [-0.3, -0.25) is 4.90 Å². The van der Waals surface area contributed by atoms with Gasteiger partial charge in [0.15, 0.2) is 5.69 Å². The number of fused-ring (bicyclic) bond motifs is 2. The number of carboxylic acids is 1. The first-order valence-corrected chi connectivity index (χ1v) is 7.32. The Labute approximate surface area is 117 Å². The van der Waals surface area contributed by atoms with E-state index >= 15 is 0 Å². The van der Waals surface area contributed by atoms with Crippen LogP contribution in [0.4, 0.5) is 0 Å². The second kappa shape index (κ2) is 4.53. The predicted molar refractivity (Wildman–Crippen MR) is 70.5 cm³/mol. The van der Waals surface area contributed by atoms with Crippen molar-refractivity contribution in [3.63, 3.8) is 0 Å². The van der Waals surface area contributed by atoms with E-state index in [9.17, 15) is 4.79 Å². The van der Waals surface area contributed by atoms with Crippen molar-refractivity contribution >= 4 is 5.97 Å². The van der Waals surface area contributed by atoms with Crippen molar-refractivity contribution in [3.8, 4) is 0 Å². The molecule has 3 saturated heterocycles. The SMILES string of the molecule is O=C(O)c1cn(C2CN(C3CCN4CCC3C4)C2)nn1. The Hall–Kier alpha value is -1.47. The molecule has 0 saturated carbocycles. The number of likely N-dealkylation sites (tertiary alicyclic amines) is 1. The minimum Gasteiger partial charge on any atom is -0.476 e. The van der Waals surface area contributed by atoms with Gasteiger partial charge in [-0.1, -0.05) is 5.21 Å². The third-order valence-electron chi connectivity index (χ3n) is 5.06. The van der Waals surface area contributed by atoms with Gasteiger partial charge in [-0.15, -0.1) is 5.10 Å². The molecule has 0 amide bonds. The Balaban J connectivity index is 1.38. The molecule has 0 spiro atoms. The van der Waals surface area contributed by atoms with Crippen LogP contribution in [0.25, 0.3) is 0 Å². The number of carbonyl (C=O) groups is 1. The number of piperidine rings is 1. The maximum absolute atomic E-state index is 10.8. The van der Waals surface area contributed by atoms with Crippen LogP contribution < -0.4 is 0 Å². The van der Waals surface area contributed by atoms with Crippen LogP contribution in [-0.2, 0) is 0 Å². The molecule has 3 aliphatic heterocycles. The normalized spacial score (nSPS) is 34.1. The summed E-state index contributed by atoms with van der Waals surface area (Å²) in [6.07, 6.45) is 4.15. The molecule has 1 aromatic rings. The second-order valence-corrected chi connectivity index (χ2v) is 6.20. The molecule has 1 aromatic heterocycles. The molecule has 0 aliphatic carbocycles. The van der Waals surface area contributed by atoms with Crippen molar-refractivity contribution < 1.29 is 9.90 Å². The summed E-state index contributed by atoms with van der Waals surface area (Å²) in [6, 6.07) is 1.00. The fourth-order valence-corrected chi connectivity index (χ4v) is 3.89. The van der Waals surface area contributed by atoms with E-state index in [0.29, 0.717) is 6.04 Å². The van der Waals surface area contributed by atoms with E-state index in [1.54, 1.807) is 10.9 Å². The zero-order chi connectivity index (χ0) is 13.7. The van der Waals surface area contributed by atoms with Crippen LogP contribution >= 0.6 is 0 Å². The van der Waals surface area contributed by atoms with Gasteiger partial charge in [-0.25, -0.2) is 9.48 Å². The smallest absolute Gasteiger partial charge is 0.358 e. The number of hydrogen-bond acceptors (Lipinski definition) is 5. The van der Waals surface area contributed by atoms with Crippen molar-refractivity contribution in [1.29, 1.82) is 0 Å². The quantitative estimate of drug-likeness (QED) is 0.833. The first-order chi connectivity index (χ1) is 9.70. The Kier molecular flexibility index (Phi) is 2.78. The Bertz CT molecular complexity index is 525. The molecule has 20 heavy (non-hydrogen) atoms. The van der Waals surface area contributed by atoms with Gasteiger partial charge in [-0.05, 0) is 31.8 Å². The molecule has 7 nitrogen and oxygen atoms in total. The summed E-state index contributed by atoms with van der Waals surface area (Å²) in [5.41, 5.74) is 0.0348. The summed E-state index contributed by atoms with van der Waals surface area (Å²) in [7, 11) is 0. The molecule has 108 valence electrons. The van der Waals surface area contributed by atoms with Crippen molar-refractivity contribution in [2.75, 3.05) is 32.7 Å². The molecule has 0 aromatic carbocycles. The van der Waals surface area contributed by atoms with Crippen molar-refractivity contribution in [2.45, 2.75) is 24.9 Å². The van der Waals surface area contributed by atoms with E-state index in [2.05, 4.69) is 20.1 Å². The van der Waals surface area contributed by atoms with E-state index in [-0.39, 0.29) is 11.7 Å². The van der Waals surface area contributed by atoms with E-state index in [1.165, 1.54) is 32.5 Å². The molecule has 3 fully saturated rings. The molecule has 1 N–H and O–H groups in total. The highest BCUT2D eigenvalue weighted by molar-refractivity contribution is 5.84. The minimum absolute atomic E-state index is 0.0348. The topological polar surface area (TPSA) is 74.5 Å². The number of rotatable bonds is 3. The fourth-order valence-electron chi connectivity index (χ4n) is 3.89. The average Bonchev–Trinajstić information content (AvgIpc) is 2.98. The number of hydrogen-bond donors (Lipinski definition) is 1. The molecule has 4 rings (SSSR count). The van der Waals surface area contributed by atoms with Gasteiger partial charge in [0.25, 0.3) is 0 Å². The molecule has 3 unspecified atom stereocenters. The lowest BCUT2D eigenvalue weighted by Gasteiger charge is -2.47. The van der Waals surface area contributed by atoms with Crippen LogP contribution in [0.5, 0.6) is 0 Å². The summed E-state index contributed by atoms with van der Waals surface area (Å²) in [5, 5.41) is 16.5. The summed E-state index contributed by atoms with van der Waals surface area (Å²) >= 11 is 0. The predicted octanol–water partition coefficient (Wildman–Crippen LogP) is -0.0728. The van der Waals surface area contributed by atoms with Gasteiger partial charge in [0.2, 0.25) is 0 Å². The van der Waals surface area contributed by atoms with Crippen LogP contribution in [0.3, 0.4) is 0 Å². The molecular formula is C13H19N5O2. The van der Waals surface area contributed by atoms with Crippen LogP contribution in [0.2, 0.25) is 0 Å². The summed E-state index contributed by atoms with van der Waals surface area (Å²) in [4.78, 5) is 15.9. The first kappa shape index (κ1) is 12.3. The van der Waals surface area contributed by atoms with E-state index in [1.807, 2.05) is 0 Å². The largest absolute Gasteiger partial charge is 0.476 e. The molecule has 4 heterocycles.